The lowest BCUT2D eigenvalue weighted by Crippen LogP contribution is -2.39. The van der Waals surface area contributed by atoms with Crippen molar-refractivity contribution in [2.24, 2.45) is 35.8 Å². The largest absolute Gasteiger partial charge is 0.494 e. The molecule has 2 saturated carbocycles. The fourth-order valence-corrected chi connectivity index (χ4v) is 4.52. The van der Waals surface area contributed by atoms with Crippen molar-refractivity contribution in [2.45, 2.75) is 46.1 Å². The maximum absolute atomic E-state index is 12.2. The molecule has 126 valence electrons. The minimum absolute atomic E-state index is 0.0822. The molecule has 2 aliphatic rings. The lowest BCUT2D eigenvalue weighted by atomic mass is 9.69. The summed E-state index contributed by atoms with van der Waals surface area (Å²) in [6.45, 7) is 6.90. The standard InChI is InChI=1S/C17H25N3O3/c1-16(2)10-6-7-17(16,3)12(8-10)18-9-11-13(21)19(4)15(23)20(5)14(11)22/h9-10,12,21H,6-8H2,1-5H3/t10-,12-,17+/m1/s1. The maximum atomic E-state index is 12.2. The monoisotopic (exact) mass is 319 g/mol. The zero-order valence-electron chi connectivity index (χ0n) is 14.5. The first-order chi connectivity index (χ1) is 10.6. The van der Waals surface area contributed by atoms with Crippen molar-refractivity contribution in [1.29, 1.82) is 0 Å². The Hall–Kier alpha value is -1.85. The average Bonchev–Trinajstić information content (AvgIpc) is 2.84. The molecule has 3 atom stereocenters. The predicted molar refractivity (Wildman–Crippen MR) is 89.2 cm³/mol. The van der Waals surface area contributed by atoms with Gasteiger partial charge >= 0.3 is 5.69 Å². The van der Waals surface area contributed by atoms with Crippen LogP contribution in [0.4, 0.5) is 0 Å². The number of rotatable bonds is 2. The van der Waals surface area contributed by atoms with Crippen LogP contribution in [0, 0.1) is 16.7 Å². The van der Waals surface area contributed by atoms with Crippen LogP contribution in [0.5, 0.6) is 5.88 Å². The Bertz CT molecular complexity index is 803. The molecule has 1 N–H and O–H groups in total. The third-order valence-corrected chi connectivity index (χ3v) is 6.80. The highest BCUT2D eigenvalue weighted by molar-refractivity contribution is 5.82. The fourth-order valence-electron chi connectivity index (χ4n) is 4.52. The normalized spacial score (nSPS) is 32.0. The highest BCUT2D eigenvalue weighted by Gasteiger charge is 2.61. The van der Waals surface area contributed by atoms with Crippen molar-refractivity contribution < 1.29 is 5.11 Å². The van der Waals surface area contributed by atoms with Gasteiger partial charge in [0.2, 0.25) is 5.88 Å². The topological polar surface area (TPSA) is 76.6 Å². The first-order valence-electron chi connectivity index (χ1n) is 8.13. The zero-order valence-corrected chi connectivity index (χ0v) is 14.5. The molecular weight excluding hydrogens is 294 g/mol. The highest BCUT2D eigenvalue weighted by Crippen LogP contribution is 2.66. The molecule has 0 spiro atoms. The van der Waals surface area contributed by atoms with E-state index in [1.54, 1.807) is 0 Å². The molecule has 2 bridgehead atoms. The Labute approximate surface area is 135 Å². The van der Waals surface area contributed by atoms with Crippen LogP contribution in [0.2, 0.25) is 0 Å². The van der Waals surface area contributed by atoms with Gasteiger partial charge in [0.25, 0.3) is 5.56 Å². The molecule has 0 aliphatic heterocycles. The van der Waals surface area contributed by atoms with Gasteiger partial charge in [0, 0.05) is 20.3 Å². The van der Waals surface area contributed by atoms with Gasteiger partial charge in [0.05, 0.1) is 6.04 Å². The van der Waals surface area contributed by atoms with Gasteiger partial charge in [-0.3, -0.25) is 18.9 Å². The average molecular weight is 319 g/mol. The predicted octanol–water partition coefficient (Wildman–Crippen LogP) is 1.42. The van der Waals surface area contributed by atoms with E-state index in [0.717, 1.165) is 22.0 Å². The first-order valence-corrected chi connectivity index (χ1v) is 8.13. The van der Waals surface area contributed by atoms with E-state index in [4.69, 9.17) is 0 Å². The zero-order chi connectivity index (χ0) is 17.2. The molecular formula is C17H25N3O3. The van der Waals surface area contributed by atoms with E-state index in [-0.39, 0.29) is 28.3 Å². The number of hydrogen-bond acceptors (Lipinski definition) is 4. The van der Waals surface area contributed by atoms with Crippen LogP contribution < -0.4 is 11.2 Å². The van der Waals surface area contributed by atoms with Crippen molar-refractivity contribution in [3.05, 3.63) is 26.4 Å². The Morgan fingerprint density at radius 1 is 1.22 bits per heavy atom. The third-order valence-electron chi connectivity index (χ3n) is 6.80. The van der Waals surface area contributed by atoms with E-state index in [0.29, 0.717) is 5.92 Å². The van der Waals surface area contributed by atoms with E-state index in [1.165, 1.54) is 26.7 Å². The lowest BCUT2D eigenvalue weighted by Gasteiger charge is -2.37. The summed E-state index contributed by atoms with van der Waals surface area (Å²) in [6, 6.07) is 0.151. The highest BCUT2D eigenvalue weighted by atomic mass is 16.3. The summed E-state index contributed by atoms with van der Waals surface area (Å²) in [5.74, 6) is 0.334. The maximum Gasteiger partial charge on any atom is 0.333 e. The number of fused-ring (bicyclic) bond motifs is 2. The van der Waals surface area contributed by atoms with Crippen molar-refractivity contribution in [1.82, 2.24) is 9.13 Å². The van der Waals surface area contributed by atoms with Crippen LogP contribution in [0.1, 0.15) is 45.6 Å². The third kappa shape index (κ3) is 1.96. The fraction of sp³-hybridized carbons (Fsp3) is 0.706. The molecule has 1 aromatic rings. The molecule has 0 aromatic carbocycles. The summed E-state index contributed by atoms with van der Waals surface area (Å²) in [6.07, 6.45) is 4.86. The van der Waals surface area contributed by atoms with Crippen molar-refractivity contribution in [3.63, 3.8) is 0 Å². The number of aromatic nitrogens is 2. The molecule has 1 heterocycles. The van der Waals surface area contributed by atoms with E-state index in [2.05, 4.69) is 25.8 Å². The van der Waals surface area contributed by atoms with Crippen LogP contribution in [0.3, 0.4) is 0 Å². The molecule has 6 heteroatoms. The van der Waals surface area contributed by atoms with Gasteiger partial charge < -0.3 is 5.11 Å². The smallest absolute Gasteiger partial charge is 0.333 e. The van der Waals surface area contributed by atoms with E-state index in [1.807, 2.05) is 0 Å². The summed E-state index contributed by atoms with van der Waals surface area (Å²) in [4.78, 5) is 28.7. The molecule has 6 nitrogen and oxygen atoms in total. The number of hydrogen-bond donors (Lipinski definition) is 1. The van der Waals surface area contributed by atoms with Gasteiger partial charge in [0.1, 0.15) is 5.56 Å². The number of aromatic hydroxyl groups is 1. The second-order valence-corrected chi connectivity index (χ2v) is 7.85. The Morgan fingerprint density at radius 2 is 1.87 bits per heavy atom. The van der Waals surface area contributed by atoms with Crippen molar-refractivity contribution >= 4 is 6.21 Å². The summed E-state index contributed by atoms with van der Waals surface area (Å²) in [7, 11) is 2.85. The van der Waals surface area contributed by atoms with Gasteiger partial charge in [-0.15, -0.1) is 0 Å². The van der Waals surface area contributed by atoms with Crippen LogP contribution in [-0.4, -0.2) is 26.5 Å². The van der Waals surface area contributed by atoms with Gasteiger partial charge in [-0.2, -0.15) is 0 Å². The lowest BCUT2D eigenvalue weighted by molar-refractivity contribution is 0.137. The van der Waals surface area contributed by atoms with E-state index < -0.39 is 11.2 Å². The van der Waals surface area contributed by atoms with Gasteiger partial charge in [-0.25, -0.2) is 4.79 Å². The minimum atomic E-state index is -0.544. The Kier molecular flexibility index (Phi) is 3.36. The molecule has 3 rings (SSSR count). The second kappa shape index (κ2) is 4.82. The van der Waals surface area contributed by atoms with Gasteiger partial charge in [0.15, 0.2) is 0 Å². The molecule has 0 unspecified atom stereocenters. The van der Waals surface area contributed by atoms with E-state index >= 15 is 0 Å². The Morgan fingerprint density at radius 3 is 2.39 bits per heavy atom. The van der Waals surface area contributed by atoms with Crippen LogP contribution >= 0.6 is 0 Å². The molecule has 0 amide bonds. The quantitative estimate of drug-likeness (QED) is 0.838. The van der Waals surface area contributed by atoms with Crippen molar-refractivity contribution in [2.75, 3.05) is 0 Å². The Balaban J connectivity index is 2.01. The van der Waals surface area contributed by atoms with Gasteiger partial charge in [-0.1, -0.05) is 20.8 Å². The van der Waals surface area contributed by atoms with Crippen LogP contribution in [0.25, 0.3) is 0 Å². The molecule has 1 aromatic heterocycles. The molecule has 0 saturated heterocycles. The SMILES string of the molecule is Cn1c(O)c(C=N[C@@H]2C[C@H]3CC[C@]2(C)C3(C)C)c(=O)n(C)c1=O. The van der Waals surface area contributed by atoms with Crippen LogP contribution in [-0.2, 0) is 14.1 Å². The second-order valence-electron chi connectivity index (χ2n) is 7.85. The molecule has 2 fully saturated rings. The first kappa shape index (κ1) is 16.0. The molecule has 2 aliphatic carbocycles. The molecule has 23 heavy (non-hydrogen) atoms. The van der Waals surface area contributed by atoms with Gasteiger partial charge in [-0.05, 0) is 36.0 Å². The summed E-state index contributed by atoms with van der Waals surface area (Å²) in [5.41, 5.74) is -0.611. The summed E-state index contributed by atoms with van der Waals surface area (Å²) >= 11 is 0. The minimum Gasteiger partial charge on any atom is -0.494 e. The number of nitrogens with zero attached hydrogens (tertiary/aromatic N) is 3. The number of aliphatic imine (C=N–C) groups is 1. The summed E-state index contributed by atoms with van der Waals surface area (Å²) in [5, 5.41) is 10.1. The molecule has 0 radical (unpaired) electrons. The van der Waals surface area contributed by atoms with E-state index in [9.17, 15) is 14.7 Å². The summed E-state index contributed by atoms with van der Waals surface area (Å²) < 4.78 is 2.06. The van der Waals surface area contributed by atoms with Crippen molar-refractivity contribution in [3.8, 4) is 5.88 Å². The van der Waals surface area contributed by atoms with Crippen LogP contribution in [0.15, 0.2) is 14.6 Å².